The number of ether oxygens (including phenoxy) is 1. The molecule has 6 heteroatoms. The highest BCUT2D eigenvalue weighted by Gasteiger charge is 2.13. The van der Waals surface area contributed by atoms with Gasteiger partial charge in [-0.15, -0.1) is 0 Å². The third-order valence-electron chi connectivity index (χ3n) is 4.43. The first-order valence-corrected chi connectivity index (χ1v) is 8.79. The van der Waals surface area contributed by atoms with Gasteiger partial charge in [-0.1, -0.05) is 0 Å². The van der Waals surface area contributed by atoms with Crippen molar-refractivity contribution in [1.82, 2.24) is 15.2 Å². The Bertz CT molecular complexity index is 740. The van der Waals surface area contributed by atoms with E-state index < -0.39 is 0 Å². The molecule has 2 heterocycles. The highest BCUT2D eigenvalue weighted by atomic mass is 19.1. The third-order valence-corrected chi connectivity index (χ3v) is 4.43. The Hall–Kier alpha value is -2.05. The summed E-state index contributed by atoms with van der Waals surface area (Å²) in [5, 5.41) is 3.65. The van der Waals surface area contributed by atoms with Crippen molar-refractivity contribution in [2.24, 2.45) is 0 Å². The molecule has 0 saturated carbocycles. The Kier molecular flexibility index (Phi) is 5.94. The lowest BCUT2D eigenvalue weighted by Gasteiger charge is -2.26. The number of nitrogens with one attached hydrogen (secondary N) is 1. The van der Waals surface area contributed by atoms with Crippen molar-refractivity contribution in [1.29, 1.82) is 0 Å². The molecule has 3 rings (SSSR count). The van der Waals surface area contributed by atoms with Gasteiger partial charge in [-0.3, -0.25) is 14.7 Å². The van der Waals surface area contributed by atoms with Crippen LogP contribution in [0.4, 0.5) is 4.39 Å². The highest BCUT2D eigenvalue weighted by molar-refractivity contribution is 6.06. The lowest BCUT2D eigenvalue weighted by atomic mass is 10.1. The summed E-state index contributed by atoms with van der Waals surface area (Å²) in [4.78, 5) is 19.2. The molecule has 25 heavy (non-hydrogen) atoms. The van der Waals surface area contributed by atoms with Crippen molar-refractivity contribution in [3.05, 3.63) is 41.3 Å². The topological polar surface area (TPSA) is 54.5 Å². The summed E-state index contributed by atoms with van der Waals surface area (Å²) < 4.78 is 18.7. The average Bonchev–Trinajstić information content (AvgIpc) is 2.61. The molecule has 1 amide bonds. The molecule has 0 aliphatic carbocycles. The molecule has 134 valence electrons. The third kappa shape index (κ3) is 4.74. The number of rotatable bonds is 6. The largest absolute Gasteiger partial charge is 0.379 e. The molecule has 1 fully saturated rings. The van der Waals surface area contributed by atoms with Gasteiger partial charge in [0.05, 0.1) is 24.3 Å². The number of morpholine rings is 1. The molecule has 1 aliphatic rings. The maximum atomic E-state index is 13.4. The van der Waals surface area contributed by atoms with Crippen LogP contribution in [0.25, 0.3) is 10.9 Å². The van der Waals surface area contributed by atoms with Crippen LogP contribution in [-0.4, -0.2) is 55.2 Å². The van der Waals surface area contributed by atoms with Crippen LogP contribution in [-0.2, 0) is 4.74 Å². The summed E-state index contributed by atoms with van der Waals surface area (Å²) in [5.74, 6) is -0.478. The standard InChI is InChI=1S/C19H24FN3O2/c1-14-12-17(16-5-4-15(20)13-18(16)22-14)19(24)21-6-2-3-7-23-8-10-25-11-9-23/h4-5,12-13H,2-3,6-11H2,1H3,(H,21,24). The zero-order valence-corrected chi connectivity index (χ0v) is 14.6. The molecule has 1 N–H and O–H groups in total. The predicted molar refractivity (Wildman–Crippen MR) is 95.3 cm³/mol. The Balaban J connectivity index is 1.53. The summed E-state index contributed by atoms with van der Waals surface area (Å²) in [7, 11) is 0. The molecular formula is C19H24FN3O2. The van der Waals surface area contributed by atoms with Crippen molar-refractivity contribution < 1.29 is 13.9 Å². The zero-order chi connectivity index (χ0) is 17.6. The molecule has 0 spiro atoms. The van der Waals surface area contributed by atoms with E-state index >= 15 is 0 Å². The first-order valence-electron chi connectivity index (χ1n) is 8.79. The van der Waals surface area contributed by atoms with Gasteiger partial charge in [0.1, 0.15) is 5.82 Å². The second kappa shape index (κ2) is 8.36. The van der Waals surface area contributed by atoms with E-state index in [1.54, 1.807) is 12.1 Å². The smallest absolute Gasteiger partial charge is 0.252 e. The first-order chi connectivity index (χ1) is 12.1. The van der Waals surface area contributed by atoms with E-state index in [-0.39, 0.29) is 11.7 Å². The second-order valence-electron chi connectivity index (χ2n) is 6.39. The summed E-state index contributed by atoms with van der Waals surface area (Å²) in [5.41, 5.74) is 1.77. The quantitative estimate of drug-likeness (QED) is 0.818. The normalized spacial score (nSPS) is 15.4. The molecular weight excluding hydrogens is 321 g/mol. The molecule has 1 aliphatic heterocycles. The van der Waals surface area contributed by atoms with E-state index in [2.05, 4.69) is 15.2 Å². The molecule has 1 aromatic carbocycles. The Morgan fingerprint density at radius 1 is 1.28 bits per heavy atom. The number of fused-ring (bicyclic) bond motifs is 1. The van der Waals surface area contributed by atoms with Crippen molar-refractivity contribution in [2.45, 2.75) is 19.8 Å². The molecule has 0 radical (unpaired) electrons. The Morgan fingerprint density at radius 3 is 2.88 bits per heavy atom. The van der Waals surface area contributed by atoms with Gasteiger partial charge in [-0.2, -0.15) is 0 Å². The van der Waals surface area contributed by atoms with Gasteiger partial charge in [0.15, 0.2) is 0 Å². The first kappa shape index (κ1) is 17.8. The fraction of sp³-hybridized carbons (Fsp3) is 0.474. The monoisotopic (exact) mass is 345 g/mol. The minimum Gasteiger partial charge on any atom is -0.379 e. The van der Waals surface area contributed by atoms with Crippen LogP contribution >= 0.6 is 0 Å². The van der Waals surface area contributed by atoms with Gasteiger partial charge < -0.3 is 10.1 Å². The van der Waals surface area contributed by atoms with Crippen LogP contribution in [0.15, 0.2) is 24.3 Å². The molecule has 0 bridgehead atoms. The predicted octanol–water partition coefficient (Wildman–Crippen LogP) is 2.52. The Morgan fingerprint density at radius 2 is 2.08 bits per heavy atom. The number of hydrogen-bond donors (Lipinski definition) is 1. The molecule has 5 nitrogen and oxygen atoms in total. The number of hydrogen-bond acceptors (Lipinski definition) is 4. The van der Waals surface area contributed by atoms with Gasteiger partial charge in [0.2, 0.25) is 0 Å². The minimum atomic E-state index is -0.347. The fourth-order valence-electron chi connectivity index (χ4n) is 3.10. The van der Waals surface area contributed by atoms with Gasteiger partial charge in [0, 0.05) is 36.8 Å². The number of nitrogens with zero attached hydrogens (tertiary/aromatic N) is 2. The molecule has 1 saturated heterocycles. The van der Waals surface area contributed by atoms with Crippen molar-refractivity contribution in [3.8, 4) is 0 Å². The van der Waals surface area contributed by atoms with Crippen molar-refractivity contribution in [2.75, 3.05) is 39.4 Å². The van der Waals surface area contributed by atoms with Crippen molar-refractivity contribution in [3.63, 3.8) is 0 Å². The summed E-state index contributed by atoms with van der Waals surface area (Å²) in [6.07, 6.45) is 1.97. The summed E-state index contributed by atoms with van der Waals surface area (Å²) in [6.45, 7) is 7.08. The number of amides is 1. The Labute approximate surface area is 147 Å². The fourth-order valence-corrected chi connectivity index (χ4v) is 3.10. The van der Waals surface area contributed by atoms with Gasteiger partial charge in [-0.25, -0.2) is 4.39 Å². The molecule has 0 atom stereocenters. The number of benzene rings is 1. The lowest BCUT2D eigenvalue weighted by molar-refractivity contribution is 0.0372. The van der Waals surface area contributed by atoms with E-state index in [0.717, 1.165) is 45.7 Å². The SMILES string of the molecule is Cc1cc(C(=O)NCCCCN2CCOCC2)c2ccc(F)cc2n1. The van der Waals surface area contributed by atoms with Gasteiger partial charge >= 0.3 is 0 Å². The van der Waals surface area contributed by atoms with E-state index in [1.165, 1.54) is 12.1 Å². The van der Waals surface area contributed by atoms with E-state index in [4.69, 9.17) is 4.74 Å². The van der Waals surface area contributed by atoms with Gasteiger partial charge in [-0.05, 0) is 44.5 Å². The number of carbonyl (C=O) groups excluding carboxylic acids is 1. The maximum Gasteiger partial charge on any atom is 0.252 e. The minimum absolute atomic E-state index is 0.131. The summed E-state index contributed by atoms with van der Waals surface area (Å²) in [6, 6.07) is 6.09. The number of halogens is 1. The maximum absolute atomic E-state index is 13.4. The van der Waals surface area contributed by atoms with E-state index in [0.29, 0.717) is 28.7 Å². The van der Waals surface area contributed by atoms with E-state index in [9.17, 15) is 9.18 Å². The average molecular weight is 345 g/mol. The number of aromatic nitrogens is 1. The van der Waals surface area contributed by atoms with Gasteiger partial charge in [0.25, 0.3) is 5.91 Å². The highest BCUT2D eigenvalue weighted by Crippen LogP contribution is 2.19. The lowest BCUT2D eigenvalue weighted by Crippen LogP contribution is -2.37. The number of unbranched alkanes of at least 4 members (excludes halogenated alkanes) is 1. The number of pyridine rings is 1. The second-order valence-corrected chi connectivity index (χ2v) is 6.39. The zero-order valence-electron chi connectivity index (χ0n) is 14.6. The summed E-state index contributed by atoms with van der Waals surface area (Å²) >= 11 is 0. The van der Waals surface area contributed by atoms with E-state index in [1.807, 2.05) is 6.92 Å². The van der Waals surface area contributed by atoms with Crippen LogP contribution in [0, 0.1) is 12.7 Å². The van der Waals surface area contributed by atoms with Crippen LogP contribution in [0.2, 0.25) is 0 Å². The molecule has 0 unspecified atom stereocenters. The molecule has 2 aromatic rings. The van der Waals surface area contributed by atoms with Crippen LogP contribution < -0.4 is 5.32 Å². The molecule has 1 aromatic heterocycles. The van der Waals surface area contributed by atoms with Crippen LogP contribution in [0.5, 0.6) is 0 Å². The number of aryl methyl sites for hydroxylation is 1. The van der Waals surface area contributed by atoms with Crippen LogP contribution in [0.1, 0.15) is 28.9 Å². The van der Waals surface area contributed by atoms with Crippen LogP contribution in [0.3, 0.4) is 0 Å². The van der Waals surface area contributed by atoms with Crippen molar-refractivity contribution >= 4 is 16.8 Å². The number of carbonyl (C=O) groups is 1.